The Balaban J connectivity index is 1.69. The molecular formula is C16H17BrN2O2. The lowest BCUT2D eigenvalue weighted by atomic mass is 10.1. The Kier molecular flexibility index (Phi) is 4.41. The van der Waals surface area contributed by atoms with Crippen LogP contribution in [0.3, 0.4) is 0 Å². The minimum absolute atomic E-state index is 0.193. The molecule has 1 aliphatic heterocycles. The molecule has 4 nitrogen and oxygen atoms in total. The molecule has 0 saturated carbocycles. The zero-order valence-corrected chi connectivity index (χ0v) is 13.4. The Morgan fingerprint density at radius 1 is 1.29 bits per heavy atom. The smallest absolute Gasteiger partial charge is 0.175 e. The fourth-order valence-electron chi connectivity index (χ4n) is 2.27. The van der Waals surface area contributed by atoms with Crippen molar-refractivity contribution in [2.24, 2.45) is 0 Å². The largest absolute Gasteiger partial charge is 0.486 e. The first-order valence-electron chi connectivity index (χ1n) is 6.96. The van der Waals surface area contributed by atoms with E-state index in [4.69, 9.17) is 9.47 Å². The maximum Gasteiger partial charge on any atom is 0.175 e. The molecule has 5 heteroatoms. The van der Waals surface area contributed by atoms with Gasteiger partial charge in [-0.3, -0.25) is 4.98 Å². The van der Waals surface area contributed by atoms with Crippen molar-refractivity contribution in [2.45, 2.75) is 19.5 Å². The SMILES string of the molecule is CC(NCc1cc(Br)c2c(c1)OCCO2)c1ccccn1. The lowest BCUT2D eigenvalue weighted by Gasteiger charge is -2.21. The molecule has 1 aromatic carbocycles. The fraction of sp³-hybridized carbons (Fsp3) is 0.312. The summed E-state index contributed by atoms with van der Waals surface area (Å²) in [6.07, 6.45) is 1.81. The van der Waals surface area contributed by atoms with Gasteiger partial charge in [-0.25, -0.2) is 0 Å². The van der Waals surface area contributed by atoms with Gasteiger partial charge in [-0.15, -0.1) is 0 Å². The van der Waals surface area contributed by atoms with Crippen LogP contribution in [0.4, 0.5) is 0 Å². The highest BCUT2D eigenvalue weighted by molar-refractivity contribution is 9.10. The standard InChI is InChI=1S/C16H17BrN2O2/c1-11(14-4-2-3-5-18-14)19-10-12-8-13(17)16-15(9-12)20-6-7-21-16/h2-5,8-9,11,19H,6-7,10H2,1H3. The molecule has 0 aliphatic carbocycles. The molecule has 1 aromatic heterocycles. The number of nitrogens with zero attached hydrogens (tertiary/aromatic N) is 1. The predicted molar refractivity (Wildman–Crippen MR) is 84.6 cm³/mol. The van der Waals surface area contributed by atoms with E-state index in [0.29, 0.717) is 13.2 Å². The molecule has 110 valence electrons. The maximum absolute atomic E-state index is 5.64. The van der Waals surface area contributed by atoms with Crippen LogP contribution in [0.25, 0.3) is 0 Å². The van der Waals surface area contributed by atoms with Crippen molar-refractivity contribution < 1.29 is 9.47 Å². The lowest BCUT2D eigenvalue weighted by Crippen LogP contribution is -2.20. The molecule has 2 heterocycles. The Labute approximate surface area is 132 Å². The van der Waals surface area contributed by atoms with Crippen LogP contribution in [0.1, 0.15) is 24.2 Å². The van der Waals surface area contributed by atoms with Gasteiger partial charge in [-0.1, -0.05) is 6.07 Å². The van der Waals surface area contributed by atoms with Crippen molar-refractivity contribution in [1.82, 2.24) is 10.3 Å². The highest BCUT2D eigenvalue weighted by Gasteiger charge is 2.16. The summed E-state index contributed by atoms with van der Waals surface area (Å²) in [4.78, 5) is 4.36. The topological polar surface area (TPSA) is 43.4 Å². The summed E-state index contributed by atoms with van der Waals surface area (Å²) in [5, 5.41) is 3.47. The average Bonchev–Trinajstić information content (AvgIpc) is 2.53. The summed E-state index contributed by atoms with van der Waals surface area (Å²) in [7, 11) is 0. The van der Waals surface area contributed by atoms with E-state index in [1.807, 2.05) is 30.5 Å². The Morgan fingerprint density at radius 2 is 2.14 bits per heavy atom. The molecule has 0 saturated heterocycles. The zero-order chi connectivity index (χ0) is 14.7. The zero-order valence-electron chi connectivity index (χ0n) is 11.8. The van der Waals surface area contributed by atoms with Gasteiger partial charge in [-0.05, 0) is 52.7 Å². The number of hydrogen-bond acceptors (Lipinski definition) is 4. The van der Waals surface area contributed by atoms with E-state index in [2.05, 4.69) is 39.2 Å². The third-order valence-electron chi connectivity index (χ3n) is 3.40. The number of halogens is 1. The van der Waals surface area contributed by atoms with E-state index in [1.165, 1.54) is 0 Å². The molecule has 2 aromatic rings. The average molecular weight is 349 g/mol. The second kappa shape index (κ2) is 6.45. The van der Waals surface area contributed by atoms with Gasteiger partial charge in [0, 0.05) is 18.8 Å². The van der Waals surface area contributed by atoms with Crippen LogP contribution in [0.5, 0.6) is 11.5 Å². The van der Waals surface area contributed by atoms with Crippen LogP contribution in [0, 0.1) is 0 Å². The number of ether oxygens (including phenoxy) is 2. The van der Waals surface area contributed by atoms with Crippen LogP contribution >= 0.6 is 15.9 Å². The Hall–Kier alpha value is -1.59. The highest BCUT2D eigenvalue weighted by atomic mass is 79.9. The molecule has 0 amide bonds. The molecule has 0 radical (unpaired) electrons. The second-order valence-corrected chi connectivity index (χ2v) is 5.81. The van der Waals surface area contributed by atoms with Crippen molar-refractivity contribution in [2.75, 3.05) is 13.2 Å². The van der Waals surface area contributed by atoms with Gasteiger partial charge in [0.25, 0.3) is 0 Å². The van der Waals surface area contributed by atoms with Gasteiger partial charge in [0.2, 0.25) is 0 Å². The minimum atomic E-state index is 0.193. The Bertz CT molecular complexity index is 619. The first kappa shape index (κ1) is 14.4. The third kappa shape index (κ3) is 3.36. The minimum Gasteiger partial charge on any atom is -0.486 e. The normalized spacial score (nSPS) is 14.8. The molecule has 1 unspecified atom stereocenters. The van der Waals surface area contributed by atoms with Gasteiger partial charge in [0.1, 0.15) is 13.2 Å². The van der Waals surface area contributed by atoms with E-state index in [9.17, 15) is 0 Å². The van der Waals surface area contributed by atoms with Crippen LogP contribution in [-0.2, 0) is 6.54 Å². The molecule has 0 bridgehead atoms. The van der Waals surface area contributed by atoms with Crippen LogP contribution in [0.15, 0.2) is 41.0 Å². The molecule has 1 aliphatic rings. The van der Waals surface area contributed by atoms with E-state index < -0.39 is 0 Å². The molecular weight excluding hydrogens is 332 g/mol. The fourth-order valence-corrected chi connectivity index (χ4v) is 2.88. The van der Waals surface area contributed by atoms with Crippen molar-refractivity contribution >= 4 is 15.9 Å². The summed E-state index contributed by atoms with van der Waals surface area (Å²) in [5.74, 6) is 1.60. The van der Waals surface area contributed by atoms with Gasteiger partial charge < -0.3 is 14.8 Å². The molecule has 0 fully saturated rings. The van der Waals surface area contributed by atoms with E-state index in [0.717, 1.165) is 33.8 Å². The van der Waals surface area contributed by atoms with Crippen molar-refractivity contribution in [3.05, 3.63) is 52.3 Å². The summed E-state index contributed by atoms with van der Waals surface area (Å²) in [6, 6.07) is 10.2. The van der Waals surface area contributed by atoms with E-state index in [1.54, 1.807) is 0 Å². The number of aromatic nitrogens is 1. The van der Waals surface area contributed by atoms with Gasteiger partial charge in [0.05, 0.1) is 10.2 Å². The number of fused-ring (bicyclic) bond motifs is 1. The number of hydrogen-bond donors (Lipinski definition) is 1. The van der Waals surface area contributed by atoms with Crippen LogP contribution < -0.4 is 14.8 Å². The van der Waals surface area contributed by atoms with Crippen molar-refractivity contribution in [1.29, 1.82) is 0 Å². The summed E-state index contributed by atoms with van der Waals surface area (Å²) in [5.41, 5.74) is 2.18. The highest BCUT2D eigenvalue weighted by Crippen LogP contribution is 2.38. The number of nitrogens with one attached hydrogen (secondary N) is 1. The molecule has 1 atom stereocenters. The third-order valence-corrected chi connectivity index (χ3v) is 3.99. The number of rotatable bonds is 4. The second-order valence-electron chi connectivity index (χ2n) is 4.96. The van der Waals surface area contributed by atoms with Crippen LogP contribution in [0.2, 0.25) is 0 Å². The van der Waals surface area contributed by atoms with Gasteiger partial charge in [-0.2, -0.15) is 0 Å². The van der Waals surface area contributed by atoms with Gasteiger partial charge >= 0.3 is 0 Å². The van der Waals surface area contributed by atoms with Crippen LogP contribution in [-0.4, -0.2) is 18.2 Å². The summed E-state index contributed by atoms with van der Waals surface area (Å²) < 4.78 is 12.2. The number of benzene rings is 1. The molecule has 1 N–H and O–H groups in total. The molecule has 3 rings (SSSR count). The molecule has 21 heavy (non-hydrogen) atoms. The summed E-state index contributed by atoms with van der Waals surface area (Å²) in [6.45, 7) is 4.04. The molecule has 0 spiro atoms. The van der Waals surface area contributed by atoms with Crippen molar-refractivity contribution in [3.8, 4) is 11.5 Å². The first-order chi connectivity index (χ1) is 10.2. The van der Waals surface area contributed by atoms with Gasteiger partial charge in [0.15, 0.2) is 11.5 Å². The lowest BCUT2D eigenvalue weighted by molar-refractivity contribution is 0.170. The monoisotopic (exact) mass is 348 g/mol. The quantitative estimate of drug-likeness (QED) is 0.918. The van der Waals surface area contributed by atoms with E-state index in [-0.39, 0.29) is 6.04 Å². The van der Waals surface area contributed by atoms with E-state index >= 15 is 0 Å². The van der Waals surface area contributed by atoms with Crippen molar-refractivity contribution in [3.63, 3.8) is 0 Å². The Morgan fingerprint density at radius 3 is 2.95 bits per heavy atom. The maximum atomic E-state index is 5.64. The number of pyridine rings is 1. The first-order valence-corrected chi connectivity index (χ1v) is 7.75. The summed E-state index contributed by atoms with van der Waals surface area (Å²) >= 11 is 3.54. The predicted octanol–water partition coefficient (Wildman–Crippen LogP) is 3.47.